The largest absolute Gasteiger partial charge is 0.359 e. The summed E-state index contributed by atoms with van der Waals surface area (Å²) in [5.74, 6) is 0. The second kappa shape index (κ2) is 4.64. The summed E-state index contributed by atoms with van der Waals surface area (Å²) in [5.41, 5.74) is 5.42. The van der Waals surface area contributed by atoms with Crippen LogP contribution in [0, 0.1) is 6.92 Å². The van der Waals surface area contributed by atoms with Gasteiger partial charge in [-0.1, -0.05) is 48.0 Å². The molecule has 4 rings (SSSR count). The van der Waals surface area contributed by atoms with Crippen molar-refractivity contribution in [3.63, 3.8) is 0 Å². The van der Waals surface area contributed by atoms with Gasteiger partial charge >= 0.3 is 0 Å². The highest BCUT2D eigenvalue weighted by Gasteiger charge is 2.27. The predicted molar refractivity (Wildman–Crippen MR) is 85.6 cm³/mol. The molecule has 0 radical (unpaired) electrons. The van der Waals surface area contributed by atoms with Gasteiger partial charge in [0.25, 0.3) is 0 Å². The Hall–Kier alpha value is -2.26. The van der Waals surface area contributed by atoms with Gasteiger partial charge in [-0.15, -0.1) is 0 Å². The molecule has 0 aliphatic carbocycles. The highest BCUT2D eigenvalue weighted by Crippen LogP contribution is 2.39. The third-order valence-electron chi connectivity index (χ3n) is 3.80. The number of nitrogens with zero attached hydrogens (tertiary/aromatic N) is 2. The quantitative estimate of drug-likeness (QED) is 0.717. The first kappa shape index (κ1) is 12.5. The minimum atomic E-state index is -0.0858. The molecule has 0 fully saturated rings. The number of anilines is 1. The number of hydrogen-bond acceptors (Lipinski definition) is 2. The fraction of sp³-hybridized carbons (Fsp3) is 0.118. The summed E-state index contributed by atoms with van der Waals surface area (Å²) in [5, 5.41) is 8.93. The lowest BCUT2D eigenvalue weighted by Crippen LogP contribution is -2.25. The molecule has 0 amide bonds. The molecule has 1 aliphatic heterocycles. The summed E-state index contributed by atoms with van der Waals surface area (Å²) in [4.78, 5) is 0. The molecule has 3 nitrogen and oxygen atoms in total. The van der Waals surface area contributed by atoms with Gasteiger partial charge in [0.2, 0.25) is 0 Å². The van der Waals surface area contributed by atoms with Crippen LogP contribution >= 0.6 is 11.6 Å². The van der Waals surface area contributed by atoms with Gasteiger partial charge in [-0.2, -0.15) is 5.10 Å². The third-order valence-corrected chi connectivity index (χ3v) is 4.14. The molecule has 1 atom stereocenters. The van der Waals surface area contributed by atoms with Crippen molar-refractivity contribution in [2.75, 3.05) is 5.32 Å². The molecule has 0 saturated heterocycles. The van der Waals surface area contributed by atoms with Crippen molar-refractivity contribution in [1.82, 2.24) is 9.78 Å². The topological polar surface area (TPSA) is 29.9 Å². The van der Waals surface area contributed by atoms with Crippen LogP contribution in [-0.2, 0) is 0 Å². The molecule has 1 aromatic heterocycles. The van der Waals surface area contributed by atoms with Crippen molar-refractivity contribution in [3.05, 3.63) is 70.9 Å². The number of aromatic nitrogens is 2. The lowest BCUT2D eigenvalue weighted by atomic mass is 10.0. The third kappa shape index (κ3) is 1.93. The van der Waals surface area contributed by atoms with Crippen LogP contribution in [0.25, 0.3) is 11.3 Å². The van der Waals surface area contributed by atoms with E-state index in [2.05, 4.69) is 28.6 Å². The molecule has 0 saturated carbocycles. The summed E-state index contributed by atoms with van der Waals surface area (Å²) in [6.07, 6.45) is -0.0858. The Labute approximate surface area is 128 Å². The molecule has 0 spiro atoms. The van der Waals surface area contributed by atoms with Crippen LogP contribution in [0.2, 0.25) is 5.02 Å². The Morgan fingerprint density at radius 2 is 1.86 bits per heavy atom. The van der Waals surface area contributed by atoms with Crippen LogP contribution in [-0.4, -0.2) is 9.78 Å². The number of benzene rings is 2. The normalized spacial score (nSPS) is 16.0. The van der Waals surface area contributed by atoms with Crippen LogP contribution in [0.1, 0.15) is 17.4 Å². The number of halogens is 1. The zero-order valence-electron chi connectivity index (χ0n) is 11.5. The molecule has 2 aromatic carbocycles. The lowest BCUT2D eigenvalue weighted by molar-refractivity contribution is 0.571. The molecule has 21 heavy (non-hydrogen) atoms. The fourth-order valence-corrected chi connectivity index (χ4v) is 3.10. The molecule has 104 valence electrons. The first-order chi connectivity index (χ1) is 10.2. The summed E-state index contributed by atoms with van der Waals surface area (Å²) < 4.78 is 2.01. The van der Waals surface area contributed by atoms with E-state index >= 15 is 0 Å². The van der Waals surface area contributed by atoms with Crippen molar-refractivity contribution >= 4 is 17.3 Å². The van der Waals surface area contributed by atoms with E-state index in [1.165, 1.54) is 5.56 Å². The molecule has 0 unspecified atom stereocenters. The number of hydrogen-bond donors (Lipinski definition) is 1. The zero-order chi connectivity index (χ0) is 14.4. The average Bonchev–Trinajstić information content (AvgIpc) is 2.89. The lowest BCUT2D eigenvalue weighted by Gasteiger charge is -2.29. The van der Waals surface area contributed by atoms with E-state index in [9.17, 15) is 0 Å². The molecular formula is C17H14ClN3. The predicted octanol–water partition coefficient (Wildman–Crippen LogP) is 4.48. The summed E-state index contributed by atoms with van der Waals surface area (Å²) in [7, 11) is 0. The number of aryl methyl sites for hydroxylation is 1. The maximum absolute atomic E-state index is 6.38. The van der Waals surface area contributed by atoms with Gasteiger partial charge in [-0.25, -0.2) is 4.68 Å². The summed E-state index contributed by atoms with van der Waals surface area (Å²) in [6.45, 7) is 2.01. The molecule has 2 heterocycles. The Morgan fingerprint density at radius 1 is 1.10 bits per heavy atom. The zero-order valence-corrected chi connectivity index (χ0v) is 12.3. The van der Waals surface area contributed by atoms with Crippen molar-refractivity contribution in [2.45, 2.75) is 13.1 Å². The molecule has 1 aliphatic rings. The van der Waals surface area contributed by atoms with Crippen LogP contribution in [0.4, 0.5) is 5.69 Å². The van der Waals surface area contributed by atoms with Gasteiger partial charge in [0.1, 0.15) is 6.17 Å². The minimum Gasteiger partial charge on any atom is -0.359 e. The number of fused-ring (bicyclic) bond motifs is 3. The Kier molecular flexibility index (Phi) is 2.76. The van der Waals surface area contributed by atoms with Crippen molar-refractivity contribution in [1.29, 1.82) is 0 Å². The Balaban J connectivity index is 1.94. The van der Waals surface area contributed by atoms with E-state index in [4.69, 9.17) is 11.6 Å². The maximum Gasteiger partial charge on any atom is 0.148 e. The van der Waals surface area contributed by atoms with Crippen molar-refractivity contribution in [2.24, 2.45) is 0 Å². The van der Waals surface area contributed by atoms with E-state index in [1.807, 2.05) is 48.0 Å². The van der Waals surface area contributed by atoms with Crippen LogP contribution in [0.5, 0.6) is 0 Å². The van der Waals surface area contributed by atoms with E-state index in [0.717, 1.165) is 27.7 Å². The first-order valence-corrected chi connectivity index (χ1v) is 7.28. The van der Waals surface area contributed by atoms with Crippen molar-refractivity contribution < 1.29 is 0 Å². The minimum absolute atomic E-state index is 0.0858. The van der Waals surface area contributed by atoms with E-state index < -0.39 is 0 Å². The molecule has 4 heteroatoms. The van der Waals surface area contributed by atoms with E-state index in [1.54, 1.807) is 0 Å². The maximum atomic E-state index is 6.38. The van der Waals surface area contributed by atoms with Crippen LogP contribution in [0.3, 0.4) is 0 Å². The number of rotatable bonds is 1. The van der Waals surface area contributed by atoms with Crippen molar-refractivity contribution in [3.8, 4) is 11.3 Å². The fourth-order valence-electron chi connectivity index (χ4n) is 2.86. The second-order valence-corrected chi connectivity index (χ2v) is 5.64. The van der Waals surface area contributed by atoms with Gasteiger partial charge < -0.3 is 5.32 Å². The molecule has 3 aromatic rings. The summed E-state index contributed by atoms with van der Waals surface area (Å²) in [6, 6.07) is 18.3. The van der Waals surface area contributed by atoms with Gasteiger partial charge in [-0.05, 0) is 25.1 Å². The highest BCUT2D eigenvalue weighted by atomic mass is 35.5. The Morgan fingerprint density at radius 3 is 2.71 bits per heavy atom. The molecular weight excluding hydrogens is 282 g/mol. The average molecular weight is 296 g/mol. The van der Waals surface area contributed by atoms with Gasteiger partial charge in [0, 0.05) is 21.8 Å². The van der Waals surface area contributed by atoms with Gasteiger partial charge in [-0.3, -0.25) is 0 Å². The smallest absolute Gasteiger partial charge is 0.148 e. The van der Waals surface area contributed by atoms with Gasteiger partial charge in [0.05, 0.1) is 11.4 Å². The SMILES string of the molecule is Cc1cc2n(n1)[C@@H](c1ccccc1Cl)Nc1ccccc1-2. The van der Waals surface area contributed by atoms with E-state index in [-0.39, 0.29) is 6.17 Å². The highest BCUT2D eigenvalue weighted by molar-refractivity contribution is 6.31. The monoisotopic (exact) mass is 295 g/mol. The number of para-hydroxylation sites is 1. The number of nitrogens with one attached hydrogen (secondary N) is 1. The molecule has 0 bridgehead atoms. The standard InChI is InChI=1S/C17H14ClN3/c1-11-10-16-13-7-3-5-9-15(13)19-17(21(16)20-11)12-6-2-4-8-14(12)18/h2-10,17,19H,1H3/t17-/m0/s1. The second-order valence-electron chi connectivity index (χ2n) is 5.23. The van der Waals surface area contributed by atoms with E-state index in [0.29, 0.717) is 0 Å². The van der Waals surface area contributed by atoms with Crippen LogP contribution in [0.15, 0.2) is 54.6 Å². The van der Waals surface area contributed by atoms with Crippen LogP contribution < -0.4 is 5.32 Å². The first-order valence-electron chi connectivity index (χ1n) is 6.90. The van der Waals surface area contributed by atoms with Gasteiger partial charge in [0.15, 0.2) is 0 Å². The summed E-state index contributed by atoms with van der Waals surface area (Å²) >= 11 is 6.38. The molecule has 1 N–H and O–H groups in total. The Bertz CT molecular complexity index is 822.